The molecule has 4 heteroatoms. The van der Waals surface area contributed by atoms with Crippen molar-refractivity contribution >= 4 is 0 Å². The summed E-state index contributed by atoms with van der Waals surface area (Å²) in [6.07, 6.45) is 1.65. The molecule has 1 heterocycles. The summed E-state index contributed by atoms with van der Waals surface area (Å²) in [5.41, 5.74) is 1.40. The van der Waals surface area contributed by atoms with E-state index in [-0.39, 0.29) is 17.8 Å². The van der Waals surface area contributed by atoms with Gasteiger partial charge in [-0.3, -0.25) is 4.79 Å². The average molecular weight is 228 g/mol. The van der Waals surface area contributed by atoms with Crippen molar-refractivity contribution in [1.29, 1.82) is 5.26 Å². The monoisotopic (exact) mass is 228 g/mol. The molecule has 0 saturated carbocycles. The third kappa shape index (κ3) is 2.23. The number of pyridine rings is 1. The second-order valence-electron chi connectivity index (χ2n) is 3.55. The van der Waals surface area contributed by atoms with Crippen LogP contribution in [0.25, 0.3) is 11.1 Å². The predicted octanol–water partition coefficient (Wildman–Crippen LogP) is 2.25. The molecule has 0 saturated heterocycles. The largest absolute Gasteiger partial charge is 0.329 e. The van der Waals surface area contributed by atoms with E-state index >= 15 is 0 Å². The fourth-order valence-corrected chi connectivity index (χ4v) is 1.68. The van der Waals surface area contributed by atoms with Gasteiger partial charge in [0.2, 0.25) is 0 Å². The zero-order valence-electron chi connectivity index (χ0n) is 8.90. The van der Waals surface area contributed by atoms with Crippen molar-refractivity contribution in [3.8, 4) is 17.2 Å². The van der Waals surface area contributed by atoms with E-state index in [0.717, 1.165) is 0 Å². The van der Waals surface area contributed by atoms with E-state index in [1.54, 1.807) is 6.07 Å². The van der Waals surface area contributed by atoms with Crippen molar-refractivity contribution in [2.45, 2.75) is 6.42 Å². The highest BCUT2D eigenvalue weighted by atomic mass is 19.1. The molecular formula is C13H9FN2O. The molecule has 0 radical (unpaired) electrons. The fourth-order valence-electron chi connectivity index (χ4n) is 1.68. The van der Waals surface area contributed by atoms with Crippen LogP contribution in [0.5, 0.6) is 0 Å². The van der Waals surface area contributed by atoms with Crippen molar-refractivity contribution in [3.63, 3.8) is 0 Å². The minimum atomic E-state index is -0.358. The summed E-state index contributed by atoms with van der Waals surface area (Å²) in [6, 6.07) is 9.33. The smallest absolute Gasteiger partial charge is 0.256 e. The molecule has 0 atom stereocenters. The molecule has 0 aliphatic heterocycles. The first-order valence-electron chi connectivity index (χ1n) is 5.06. The number of H-pyrrole nitrogens is 1. The SMILES string of the molecule is N#CCc1cc[nH]c(=O)c1-c1ccc(F)cc1. The van der Waals surface area contributed by atoms with E-state index in [1.165, 1.54) is 30.5 Å². The quantitative estimate of drug-likeness (QED) is 0.857. The summed E-state index contributed by atoms with van der Waals surface area (Å²) in [6.45, 7) is 0. The van der Waals surface area contributed by atoms with Crippen LogP contribution in [-0.2, 0) is 6.42 Å². The molecule has 3 nitrogen and oxygen atoms in total. The van der Waals surface area contributed by atoms with E-state index in [9.17, 15) is 9.18 Å². The Hall–Kier alpha value is -2.41. The molecular weight excluding hydrogens is 219 g/mol. The van der Waals surface area contributed by atoms with Gasteiger partial charge in [-0.05, 0) is 29.3 Å². The molecule has 84 valence electrons. The van der Waals surface area contributed by atoms with E-state index in [4.69, 9.17) is 5.26 Å². The van der Waals surface area contributed by atoms with Crippen molar-refractivity contribution < 1.29 is 4.39 Å². The van der Waals surface area contributed by atoms with Crippen LogP contribution in [-0.4, -0.2) is 4.98 Å². The standard InChI is InChI=1S/C13H9FN2O/c14-11-3-1-9(2-4-11)12-10(5-7-15)6-8-16-13(12)17/h1-4,6,8H,5H2,(H,16,17). The Labute approximate surface area is 97.2 Å². The summed E-state index contributed by atoms with van der Waals surface area (Å²) in [5, 5.41) is 8.70. The lowest BCUT2D eigenvalue weighted by atomic mass is 10.0. The van der Waals surface area contributed by atoms with Crippen molar-refractivity contribution in [1.82, 2.24) is 4.98 Å². The third-order valence-corrected chi connectivity index (χ3v) is 2.45. The number of hydrogen-bond acceptors (Lipinski definition) is 2. The molecule has 0 unspecified atom stereocenters. The van der Waals surface area contributed by atoms with Gasteiger partial charge < -0.3 is 4.98 Å². The summed E-state index contributed by atoms with van der Waals surface area (Å²) < 4.78 is 12.8. The van der Waals surface area contributed by atoms with Gasteiger partial charge in [-0.1, -0.05) is 12.1 Å². The van der Waals surface area contributed by atoms with Crippen LogP contribution >= 0.6 is 0 Å². The molecule has 0 bridgehead atoms. The van der Waals surface area contributed by atoms with E-state index < -0.39 is 0 Å². The number of aromatic amines is 1. The summed E-state index contributed by atoms with van der Waals surface area (Å²) in [5.74, 6) is -0.358. The summed E-state index contributed by atoms with van der Waals surface area (Å²) >= 11 is 0. The molecule has 0 spiro atoms. The summed E-state index contributed by atoms with van der Waals surface area (Å²) in [7, 11) is 0. The Morgan fingerprint density at radius 3 is 2.59 bits per heavy atom. The minimum Gasteiger partial charge on any atom is -0.329 e. The van der Waals surface area contributed by atoms with Crippen LogP contribution in [0, 0.1) is 17.1 Å². The van der Waals surface area contributed by atoms with Crippen LogP contribution < -0.4 is 5.56 Å². The van der Waals surface area contributed by atoms with Crippen molar-refractivity contribution in [2.24, 2.45) is 0 Å². The van der Waals surface area contributed by atoms with Gasteiger partial charge in [0.25, 0.3) is 5.56 Å². The Bertz CT molecular complexity index is 623. The number of hydrogen-bond donors (Lipinski definition) is 1. The van der Waals surface area contributed by atoms with Gasteiger partial charge in [0.05, 0.1) is 18.1 Å². The van der Waals surface area contributed by atoms with Crippen LogP contribution in [0.15, 0.2) is 41.3 Å². The van der Waals surface area contributed by atoms with Crippen LogP contribution in [0.3, 0.4) is 0 Å². The van der Waals surface area contributed by atoms with Crippen LogP contribution in [0.2, 0.25) is 0 Å². The summed E-state index contributed by atoms with van der Waals surface area (Å²) in [4.78, 5) is 14.3. The van der Waals surface area contributed by atoms with Gasteiger partial charge in [-0.15, -0.1) is 0 Å². The van der Waals surface area contributed by atoms with Crippen LogP contribution in [0.4, 0.5) is 4.39 Å². The highest BCUT2D eigenvalue weighted by molar-refractivity contribution is 5.66. The van der Waals surface area contributed by atoms with Gasteiger partial charge in [-0.2, -0.15) is 5.26 Å². The highest BCUT2D eigenvalue weighted by Gasteiger charge is 2.09. The first-order chi connectivity index (χ1) is 8.22. The number of aromatic nitrogens is 1. The van der Waals surface area contributed by atoms with Gasteiger partial charge in [-0.25, -0.2) is 4.39 Å². The van der Waals surface area contributed by atoms with Crippen molar-refractivity contribution in [3.05, 3.63) is 58.3 Å². The Morgan fingerprint density at radius 2 is 1.94 bits per heavy atom. The first-order valence-corrected chi connectivity index (χ1v) is 5.06. The molecule has 17 heavy (non-hydrogen) atoms. The van der Waals surface area contributed by atoms with E-state index in [2.05, 4.69) is 4.98 Å². The third-order valence-electron chi connectivity index (χ3n) is 2.45. The molecule has 1 aromatic carbocycles. The molecule has 0 amide bonds. The van der Waals surface area contributed by atoms with Crippen molar-refractivity contribution in [2.75, 3.05) is 0 Å². The highest BCUT2D eigenvalue weighted by Crippen LogP contribution is 2.20. The maximum Gasteiger partial charge on any atom is 0.256 e. The van der Waals surface area contributed by atoms with Gasteiger partial charge in [0.15, 0.2) is 0 Å². The molecule has 0 aliphatic rings. The van der Waals surface area contributed by atoms with E-state index in [1.807, 2.05) is 6.07 Å². The second kappa shape index (κ2) is 4.62. The Balaban J connectivity index is 2.62. The minimum absolute atomic E-state index is 0.149. The lowest BCUT2D eigenvalue weighted by Crippen LogP contribution is -2.10. The number of nitriles is 1. The van der Waals surface area contributed by atoms with Gasteiger partial charge in [0.1, 0.15) is 5.82 Å². The topological polar surface area (TPSA) is 56.6 Å². The number of benzene rings is 1. The molecule has 2 aromatic rings. The van der Waals surface area contributed by atoms with Crippen LogP contribution in [0.1, 0.15) is 5.56 Å². The Kier molecular flexibility index (Phi) is 3.01. The lowest BCUT2D eigenvalue weighted by molar-refractivity contribution is 0.628. The molecule has 1 aromatic heterocycles. The molecule has 2 rings (SSSR count). The van der Waals surface area contributed by atoms with Gasteiger partial charge in [0, 0.05) is 6.20 Å². The maximum atomic E-state index is 12.8. The maximum absolute atomic E-state index is 12.8. The number of halogens is 1. The fraction of sp³-hybridized carbons (Fsp3) is 0.0769. The average Bonchev–Trinajstić information content (AvgIpc) is 2.32. The number of nitrogens with zero attached hydrogens (tertiary/aromatic N) is 1. The molecule has 1 N–H and O–H groups in total. The van der Waals surface area contributed by atoms with E-state index in [0.29, 0.717) is 16.7 Å². The second-order valence-corrected chi connectivity index (χ2v) is 3.55. The zero-order chi connectivity index (χ0) is 12.3. The zero-order valence-corrected chi connectivity index (χ0v) is 8.90. The Morgan fingerprint density at radius 1 is 1.24 bits per heavy atom. The molecule has 0 fully saturated rings. The number of nitrogens with one attached hydrogen (secondary N) is 1. The van der Waals surface area contributed by atoms with Gasteiger partial charge >= 0.3 is 0 Å². The normalized spacial score (nSPS) is 9.88. The molecule has 0 aliphatic carbocycles. The number of rotatable bonds is 2. The lowest BCUT2D eigenvalue weighted by Gasteiger charge is -2.05. The first kappa shape index (κ1) is 11.1. The predicted molar refractivity (Wildman–Crippen MR) is 61.8 cm³/mol.